The van der Waals surface area contributed by atoms with Gasteiger partial charge in [0.1, 0.15) is 0 Å². The number of unbranched alkanes of at least 4 members (excludes halogenated alkanes) is 2. The average molecular weight is 399 g/mol. The molecule has 3 heteroatoms. The van der Waals surface area contributed by atoms with Crippen molar-refractivity contribution in [3.63, 3.8) is 0 Å². The summed E-state index contributed by atoms with van der Waals surface area (Å²) in [5, 5.41) is 8.41. The van der Waals surface area contributed by atoms with Gasteiger partial charge in [0.05, 0.1) is 0 Å². The Balaban J connectivity index is 0.000000393. The summed E-state index contributed by atoms with van der Waals surface area (Å²) in [5.41, 5.74) is 3.89. The van der Waals surface area contributed by atoms with Gasteiger partial charge >= 0.3 is 5.97 Å². The van der Waals surface area contributed by atoms with E-state index in [0.717, 1.165) is 30.4 Å². The van der Waals surface area contributed by atoms with Crippen LogP contribution in [0.5, 0.6) is 0 Å². The molecule has 0 aromatic heterocycles. The summed E-state index contributed by atoms with van der Waals surface area (Å²) in [6.07, 6.45) is 8.49. The van der Waals surface area contributed by atoms with Crippen molar-refractivity contribution in [2.45, 2.75) is 39.0 Å². The minimum atomic E-state index is -0.809. The second kappa shape index (κ2) is 16.6. The van der Waals surface area contributed by atoms with Crippen molar-refractivity contribution in [1.29, 1.82) is 0 Å². The maximum atomic E-state index is 10.2. The Labute approximate surface area is 174 Å². The maximum absolute atomic E-state index is 10.2. The molecule has 2 nitrogen and oxygen atoms in total. The fraction of sp³-hybridized carbons (Fsp3) is 0.240. The molecular weight excluding hydrogens is 368 g/mol. The molecule has 0 aliphatic rings. The van der Waals surface area contributed by atoms with E-state index >= 15 is 0 Å². The summed E-state index contributed by atoms with van der Waals surface area (Å²) in [6, 6.07) is 18.0. The van der Waals surface area contributed by atoms with Crippen molar-refractivity contribution < 1.29 is 9.90 Å². The van der Waals surface area contributed by atoms with E-state index in [2.05, 4.69) is 20.1 Å². The quantitative estimate of drug-likeness (QED) is 0.296. The largest absolute Gasteiger partial charge is 0.478 e. The number of carboxylic acids is 1. The summed E-state index contributed by atoms with van der Waals surface area (Å²) >= 11 is 5.66. The lowest BCUT2D eigenvalue weighted by Crippen LogP contribution is -1.95. The summed E-state index contributed by atoms with van der Waals surface area (Å²) in [5.74, 6) is -0.251. The molecule has 0 atom stereocenters. The van der Waals surface area contributed by atoms with Crippen LogP contribution < -0.4 is 0 Å². The van der Waals surface area contributed by atoms with Crippen LogP contribution in [0.2, 0.25) is 0 Å². The van der Waals surface area contributed by atoms with Crippen LogP contribution in [0.15, 0.2) is 79.4 Å². The standard InChI is InChI=1S/C9H9Cl.C8H14O2.C8H8/c1-2-8-5-3-4-6-9(8)7-10;1-3-4-5-6-7(2)8(9)10;1-2-8-6-4-3-5-7-8/h2-6H,1,7H2;6H,3-5H2,1-2H3,(H,9,10);2-7H,1H2/b;7-6+;. The van der Waals surface area contributed by atoms with Gasteiger partial charge in [0.25, 0.3) is 0 Å². The van der Waals surface area contributed by atoms with E-state index in [1.807, 2.05) is 66.7 Å². The number of allylic oxidation sites excluding steroid dienone is 1. The zero-order chi connectivity index (χ0) is 21.2. The third-order valence-electron chi connectivity index (χ3n) is 3.80. The number of alkyl halides is 1. The van der Waals surface area contributed by atoms with Crippen LogP contribution in [0.3, 0.4) is 0 Å². The molecule has 0 radical (unpaired) electrons. The molecule has 0 heterocycles. The summed E-state index contributed by atoms with van der Waals surface area (Å²) < 4.78 is 0. The van der Waals surface area contributed by atoms with E-state index in [4.69, 9.17) is 16.7 Å². The number of carbonyl (C=O) groups is 1. The lowest BCUT2D eigenvalue weighted by Gasteiger charge is -1.98. The fourth-order valence-electron chi connectivity index (χ4n) is 2.05. The third-order valence-corrected chi connectivity index (χ3v) is 4.09. The number of carboxylic acid groups (broad SMARTS) is 1. The summed E-state index contributed by atoms with van der Waals surface area (Å²) in [6.45, 7) is 11.0. The number of halogens is 1. The van der Waals surface area contributed by atoms with Crippen molar-refractivity contribution in [1.82, 2.24) is 0 Å². The monoisotopic (exact) mass is 398 g/mol. The second-order valence-corrected chi connectivity index (χ2v) is 6.25. The van der Waals surface area contributed by atoms with Gasteiger partial charge in [-0.1, -0.05) is 106 Å². The van der Waals surface area contributed by atoms with E-state index in [1.165, 1.54) is 5.56 Å². The minimum absolute atomic E-state index is 0.452. The van der Waals surface area contributed by atoms with Crippen LogP contribution in [0.25, 0.3) is 12.2 Å². The van der Waals surface area contributed by atoms with Crippen LogP contribution in [0.4, 0.5) is 0 Å². The highest BCUT2D eigenvalue weighted by Gasteiger charge is 1.96. The zero-order valence-corrected chi connectivity index (χ0v) is 17.7. The van der Waals surface area contributed by atoms with Crippen LogP contribution in [-0.2, 0) is 10.7 Å². The van der Waals surface area contributed by atoms with Gasteiger partial charge in [0.15, 0.2) is 0 Å². The molecule has 0 bridgehead atoms. The van der Waals surface area contributed by atoms with Gasteiger partial charge in [0, 0.05) is 11.5 Å². The van der Waals surface area contributed by atoms with E-state index in [1.54, 1.807) is 13.0 Å². The van der Waals surface area contributed by atoms with Crippen molar-refractivity contribution >= 4 is 29.7 Å². The van der Waals surface area contributed by atoms with Gasteiger partial charge in [-0.05, 0) is 30.0 Å². The summed E-state index contributed by atoms with van der Waals surface area (Å²) in [7, 11) is 0. The second-order valence-electron chi connectivity index (χ2n) is 5.99. The first-order chi connectivity index (χ1) is 13.5. The van der Waals surface area contributed by atoms with E-state index in [-0.39, 0.29) is 0 Å². The lowest BCUT2D eigenvalue weighted by molar-refractivity contribution is -0.132. The van der Waals surface area contributed by atoms with E-state index < -0.39 is 5.97 Å². The van der Waals surface area contributed by atoms with Crippen molar-refractivity contribution in [2.24, 2.45) is 0 Å². The first-order valence-electron chi connectivity index (χ1n) is 9.33. The molecule has 0 saturated heterocycles. The normalized spacial score (nSPS) is 9.89. The van der Waals surface area contributed by atoms with E-state index in [0.29, 0.717) is 11.5 Å². The SMILES string of the molecule is C=Cc1ccccc1.C=Cc1ccccc1CCl.CCCC/C=C(\C)C(=O)O. The number of benzene rings is 2. The number of rotatable bonds is 7. The Kier molecular flexibility index (Phi) is 15.1. The van der Waals surface area contributed by atoms with Crippen molar-refractivity contribution in [3.05, 3.63) is 96.1 Å². The topological polar surface area (TPSA) is 37.3 Å². The molecule has 2 rings (SSSR count). The summed E-state index contributed by atoms with van der Waals surface area (Å²) in [4.78, 5) is 10.2. The molecule has 0 spiro atoms. The Hall–Kier alpha value is -2.58. The van der Waals surface area contributed by atoms with Crippen LogP contribution >= 0.6 is 11.6 Å². The molecule has 0 aliphatic carbocycles. The Morgan fingerprint density at radius 3 is 2.07 bits per heavy atom. The molecule has 28 heavy (non-hydrogen) atoms. The molecule has 0 unspecified atom stereocenters. The molecule has 0 aliphatic heterocycles. The predicted octanol–water partition coefficient (Wildman–Crippen LogP) is 7.61. The fourth-order valence-corrected chi connectivity index (χ4v) is 2.30. The average Bonchev–Trinajstić information content (AvgIpc) is 2.75. The number of hydrogen-bond donors (Lipinski definition) is 1. The Bertz CT molecular complexity index is 733. The zero-order valence-electron chi connectivity index (χ0n) is 16.9. The van der Waals surface area contributed by atoms with Crippen LogP contribution in [-0.4, -0.2) is 11.1 Å². The van der Waals surface area contributed by atoms with Crippen molar-refractivity contribution in [3.8, 4) is 0 Å². The first kappa shape index (κ1) is 25.4. The van der Waals surface area contributed by atoms with E-state index in [9.17, 15) is 4.79 Å². The molecule has 0 amide bonds. The van der Waals surface area contributed by atoms with Gasteiger partial charge in [-0.25, -0.2) is 4.79 Å². The maximum Gasteiger partial charge on any atom is 0.330 e. The highest BCUT2D eigenvalue weighted by Crippen LogP contribution is 2.11. The van der Waals surface area contributed by atoms with Crippen LogP contribution in [0, 0.1) is 0 Å². The predicted molar refractivity (Wildman–Crippen MR) is 124 cm³/mol. The van der Waals surface area contributed by atoms with Gasteiger partial charge in [-0.2, -0.15) is 0 Å². The molecule has 0 fully saturated rings. The van der Waals surface area contributed by atoms with Gasteiger partial charge in [0.2, 0.25) is 0 Å². The minimum Gasteiger partial charge on any atom is -0.478 e. The van der Waals surface area contributed by atoms with Gasteiger partial charge in [-0.15, -0.1) is 11.6 Å². The molecule has 2 aromatic rings. The van der Waals surface area contributed by atoms with Gasteiger partial charge in [-0.3, -0.25) is 0 Å². The smallest absolute Gasteiger partial charge is 0.330 e. The molecular formula is C25H31ClO2. The van der Waals surface area contributed by atoms with Gasteiger partial charge < -0.3 is 5.11 Å². The molecule has 1 N–H and O–H groups in total. The molecule has 0 saturated carbocycles. The molecule has 150 valence electrons. The Morgan fingerprint density at radius 2 is 1.64 bits per heavy atom. The first-order valence-corrected chi connectivity index (χ1v) is 9.87. The third kappa shape index (κ3) is 11.9. The highest BCUT2D eigenvalue weighted by molar-refractivity contribution is 6.17. The lowest BCUT2D eigenvalue weighted by atomic mass is 10.1. The Morgan fingerprint density at radius 1 is 1.04 bits per heavy atom. The number of aliphatic carboxylic acids is 1. The van der Waals surface area contributed by atoms with Crippen LogP contribution in [0.1, 0.15) is 49.8 Å². The molecule has 2 aromatic carbocycles. The van der Waals surface area contributed by atoms with Crippen molar-refractivity contribution in [2.75, 3.05) is 0 Å². The number of hydrogen-bond acceptors (Lipinski definition) is 1. The highest BCUT2D eigenvalue weighted by atomic mass is 35.5.